The molecule has 0 bridgehead atoms. The Hall–Kier alpha value is -3.97. The minimum absolute atomic E-state index is 0.0316. The van der Waals surface area contributed by atoms with E-state index in [0.29, 0.717) is 11.5 Å². The predicted octanol–water partition coefficient (Wildman–Crippen LogP) is 4.34. The molecule has 1 aliphatic rings. The second-order valence-corrected chi connectivity index (χ2v) is 8.80. The zero-order chi connectivity index (χ0) is 24.0. The molecule has 0 saturated carbocycles. The Morgan fingerprint density at radius 3 is 2.20 bits per heavy atom. The second-order valence-electron chi connectivity index (χ2n) is 8.80. The maximum atomic E-state index is 13.3. The summed E-state index contributed by atoms with van der Waals surface area (Å²) in [7, 11) is 0. The number of piperazine rings is 1. The molecule has 1 saturated heterocycles. The fourth-order valence-electron chi connectivity index (χ4n) is 4.44. The van der Waals surface area contributed by atoms with Crippen LogP contribution in [0.1, 0.15) is 17.5 Å². The first-order valence-corrected chi connectivity index (χ1v) is 12.0. The van der Waals surface area contributed by atoms with Crippen molar-refractivity contribution >= 4 is 11.9 Å². The largest absolute Gasteiger partial charge is 0.450 e. The summed E-state index contributed by atoms with van der Waals surface area (Å²) in [6, 6.07) is 23.5. The lowest BCUT2D eigenvalue weighted by Crippen LogP contribution is -2.51. The van der Waals surface area contributed by atoms with Gasteiger partial charge in [-0.3, -0.25) is 9.69 Å². The van der Waals surface area contributed by atoms with Crippen molar-refractivity contribution in [2.24, 2.45) is 0 Å². The van der Waals surface area contributed by atoms with Crippen LogP contribution in [0.2, 0.25) is 0 Å². The highest BCUT2D eigenvalue weighted by Crippen LogP contribution is 2.32. The van der Waals surface area contributed by atoms with E-state index in [-0.39, 0.29) is 11.9 Å². The smallest absolute Gasteiger partial charge is 0.287 e. The van der Waals surface area contributed by atoms with Gasteiger partial charge in [0, 0.05) is 62.3 Å². The van der Waals surface area contributed by atoms with Crippen molar-refractivity contribution in [3.63, 3.8) is 0 Å². The summed E-state index contributed by atoms with van der Waals surface area (Å²) in [6.07, 6.45) is 3.54. The van der Waals surface area contributed by atoms with Gasteiger partial charge >= 0.3 is 0 Å². The van der Waals surface area contributed by atoms with E-state index in [1.807, 2.05) is 79.7 Å². The fraction of sp³-hybridized carbons (Fsp3) is 0.250. The summed E-state index contributed by atoms with van der Waals surface area (Å²) in [5.41, 5.74) is 2.69. The summed E-state index contributed by atoms with van der Waals surface area (Å²) >= 11 is 0. The Balaban J connectivity index is 1.26. The molecule has 1 atom stereocenters. The van der Waals surface area contributed by atoms with E-state index in [2.05, 4.69) is 25.1 Å². The molecular formula is C28H29N5O2. The number of hydrogen-bond donors (Lipinski definition) is 1. The van der Waals surface area contributed by atoms with Gasteiger partial charge in [0.25, 0.3) is 5.91 Å². The third-order valence-corrected chi connectivity index (χ3v) is 6.20. The van der Waals surface area contributed by atoms with Crippen LogP contribution in [0.5, 0.6) is 0 Å². The zero-order valence-corrected chi connectivity index (χ0v) is 19.8. The molecule has 1 N–H and O–H groups in total. The number of nitrogens with one attached hydrogen (secondary N) is 1. The van der Waals surface area contributed by atoms with Gasteiger partial charge < -0.3 is 14.6 Å². The van der Waals surface area contributed by atoms with Crippen molar-refractivity contribution < 1.29 is 9.21 Å². The quantitative estimate of drug-likeness (QED) is 0.436. The highest BCUT2D eigenvalue weighted by Gasteiger charge is 2.24. The van der Waals surface area contributed by atoms with Gasteiger partial charge in [-0.15, -0.1) is 0 Å². The molecule has 7 nitrogen and oxygen atoms in total. The predicted molar refractivity (Wildman–Crippen MR) is 137 cm³/mol. The van der Waals surface area contributed by atoms with Crippen LogP contribution >= 0.6 is 0 Å². The Labute approximate surface area is 205 Å². The Bertz CT molecular complexity index is 1240. The van der Waals surface area contributed by atoms with Gasteiger partial charge in [0.15, 0.2) is 5.76 Å². The molecule has 0 spiro atoms. The maximum Gasteiger partial charge on any atom is 0.287 e. The number of benzene rings is 2. The Morgan fingerprint density at radius 1 is 0.914 bits per heavy atom. The van der Waals surface area contributed by atoms with Crippen LogP contribution in [-0.2, 0) is 0 Å². The molecule has 1 fully saturated rings. The van der Waals surface area contributed by atoms with Crippen LogP contribution in [0.4, 0.5) is 5.95 Å². The van der Waals surface area contributed by atoms with Crippen LogP contribution < -0.4 is 10.2 Å². The van der Waals surface area contributed by atoms with Crippen molar-refractivity contribution in [3.05, 3.63) is 91.0 Å². The van der Waals surface area contributed by atoms with Gasteiger partial charge in [-0.05, 0) is 24.6 Å². The molecule has 7 heteroatoms. The number of amides is 1. The number of rotatable bonds is 7. The van der Waals surface area contributed by atoms with Crippen LogP contribution in [0.15, 0.2) is 89.6 Å². The van der Waals surface area contributed by atoms with E-state index in [0.717, 1.165) is 55.4 Å². The molecule has 0 aliphatic carbocycles. The molecule has 1 amide bonds. The average Bonchev–Trinajstić information content (AvgIpc) is 3.37. The summed E-state index contributed by atoms with van der Waals surface area (Å²) in [6.45, 7) is 6.32. The van der Waals surface area contributed by atoms with Crippen molar-refractivity contribution in [2.75, 3.05) is 37.6 Å². The number of aromatic nitrogens is 2. The number of nitrogens with zero attached hydrogens (tertiary/aromatic N) is 4. The third kappa shape index (κ3) is 5.41. The zero-order valence-electron chi connectivity index (χ0n) is 19.8. The highest BCUT2D eigenvalue weighted by molar-refractivity contribution is 5.99. The van der Waals surface area contributed by atoms with E-state index >= 15 is 0 Å². The maximum absolute atomic E-state index is 13.3. The summed E-state index contributed by atoms with van der Waals surface area (Å²) in [5, 5.41) is 3.15. The Morgan fingerprint density at radius 2 is 1.54 bits per heavy atom. The number of anilines is 1. The van der Waals surface area contributed by atoms with Crippen LogP contribution in [0.25, 0.3) is 22.5 Å². The van der Waals surface area contributed by atoms with Gasteiger partial charge in [-0.2, -0.15) is 0 Å². The first-order chi connectivity index (χ1) is 17.2. The van der Waals surface area contributed by atoms with E-state index in [1.165, 1.54) is 0 Å². The van der Waals surface area contributed by atoms with Crippen molar-refractivity contribution in [1.82, 2.24) is 20.2 Å². The van der Waals surface area contributed by atoms with E-state index in [4.69, 9.17) is 4.42 Å². The molecule has 35 heavy (non-hydrogen) atoms. The van der Waals surface area contributed by atoms with Crippen LogP contribution in [0.3, 0.4) is 0 Å². The minimum Gasteiger partial charge on any atom is -0.450 e. The van der Waals surface area contributed by atoms with Crippen molar-refractivity contribution in [2.45, 2.75) is 13.0 Å². The number of furan rings is 1. The lowest BCUT2D eigenvalue weighted by Gasteiger charge is -2.35. The molecule has 0 radical (unpaired) electrons. The van der Waals surface area contributed by atoms with E-state index in [1.54, 1.807) is 12.4 Å². The van der Waals surface area contributed by atoms with Gasteiger partial charge in [0.1, 0.15) is 5.76 Å². The molecule has 4 aromatic rings. The fourth-order valence-corrected chi connectivity index (χ4v) is 4.44. The molecule has 5 rings (SSSR count). The Kier molecular flexibility index (Phi) is 6.86. The van der Waals surface area contributed by atoms with E-state index < -0.39 is 0 Å². The molecular weight excluding hydrogens is 438 g/mol. The highest BCUT2D eigenvalue weighted by atomic mass is 16.4. The molecule has 1 aliphatic heterocycles. The second kappa shape index (κ2) is 10.5. The van der Waals surface area contributed by atoms with Crippen molar-refractivity contribution in [1.29, 1.82) is 0 Å². The SMILES string of the molecule is CC(CN1CCN(c2ncccn2)CC1)NC(=O)c1oc(-c2ccccc2)cc1-c1ccccc1. The lowest BCUT2D eigenvalue weighted by atomic mass is 10.0. The summed E-state index contributed by atoms with van der Waals surface area (Å²) in [5.74, 6) is 1.60. The average molecular weight is 468 g/mol. The monoisotopic (exact) mass is 467 g/mol. The van der Waals surface area contributed by atoms with E-state index in [9.17, 15) is 4.79 Å². The minimum atomic E-state index is -0.199. The molecule has 1 unspecified atom stereocenters. The molecule has 2 aromatic carbocycles. The van der Waals surface area contributed by atoms with Gasteiger partial charge in [0.2, 0.25) is 5.95 Å². The van der Waals surface area contributed by atoms with Gasteiger partial charge in [-0.25, -0.2) is 9.97 Å². The third-order valence-electron chi connectivity index (χ3n) is 6.20. The standard InChI is InChI=1S/C28H29N5O2/c1-21(20-32-15-17-33(18-16-32)28-29-13-8-14-30-28)31-27(34)26-24(22-9-4-2-5-10-22)19-25(35-26)23-11-6-3-7-12-23/h2-14,19,21H,15-18,20H2,1H3,(H,31,34). The number of hydrogen-bond acceptors (Lipinski definition) is 6. The molecule has 3 heterocycles. The normalized spacial score (nSPS) is 15.1. The van der Waals surface area contributed by atoms with Crippen molar-refractivity contribution in [3.8, 4) is 22.5 Å². The first kappa shape index (κ1) is 22.8. The van der Waals surface area contributed by atoms with Gasteiger partial charge in [0.05, 0.1) is 0 Å². The van der Waals surface area contributed by atoms with Crippen LogP contribution in [0, 0.1) is 0 Å². The number of carbonyl (C=O) groups excluding carboxylic acids is 1. The lowest BCUT2D eigenvalue weighted by molar-refractivity contribution is 0.0902. The number of carbonyl (C=O) groups is 1. The molecule has 2 aromatic heterocycles. The van der Waals surface area contributed by atoms with Crippen LogP contribution in [-0.4, -0.2) is 59.5 Å². The summed E-state index contributed by atoms with van der Waals surface area (Å²) in [4.78, 5) is 26.6. The van der Waals surface area contributed by atoms with Gasteiger partial charge in [-0.1, -0.05) is 60.7 Å². The molecule has 178 valence electrons. The topological polar surface area (TPSA) is 74.5 Å². The summed E-state index contributed by atoms with van der Waals surface area (Å²) < 4.78 is 6.12. The first-order valence-electron chi connectivity index (χ1n) is 12.0.